The summed E-state index contributed by atoms with van der Waals surface area (Å²) in [6.07, 6.45) is 10.3. The molecule has 0 aromatic carbocycles. The molecule has 3 nitrogen and oxygen atoms in total. The Morgan fingerprint density at radius 3 is 2.04 bits per heavy atom. The SMILES string of the molecule is CC(C)CC1(CN2CCN(C3CC4(CCN(C)CC4)C3)CC2)CC1. The summed E-state index contributed by atoms with van der Waals surface area (Å²) >= 11 is 0. The quantitative estimate of drug-likeness (QED) is 0.764. The average Bonchev–Trinajstić information content (AvgIpc) is 3.25. The molecule has 4 rings (SSSR count). The molecular weight excluding hydrogens is 294 g/mol. The summed E-state index contributed by atoms with van der Waals surface area (Å²) < 4.78 is 0. The van der Waals surface area contributed by atoms with Crippen LogP contribution in [-0.4, -0.2) is 73.6 Å². The summed E-state index contributed by atoms with van der Waals surface area (Å²) in [7, 11) is 2.29. The number of hydrogen-bond acceptors (Lipinski definition) is 3. The number of hydrogen-bond donors (Lipinski definition) is 0. The Morgan fingerprint density at radius 1 is 0.875 bits per heavy atom. The Balaban J connectivity index is 1.19. The molecule has 0 amide bonds. The van der Waals surface area contributed by atoms with Crippen LogP contribution in [0, 0.1) is 16.7 Å². The van der Waals surface area contributed by atoms with Gasteiger partial charge in [-0.05, 0) is 81.8 Å². The summed E-state index contributed by atoms with van der Waals surface area (Å²) in [5, 5.41) is 0. The Morgan fingerprint density at radius 2 is 1.50 bits per heavy atom. The summed E-state index contributed by atoms with van der Waals surface area (Å²) in [5.41, 5.74) is 1.45. The minimum Gasteiger partial charge on any atom is -0.306 e. The molecule has 24 heavy (non-hydrogen) atoms. The standard InChI is InChI=1S/C21H39N3/c1-18(2)14-21(4-5-21)17-23-10-12-24(13-11-23)19-15-20(16-19)6-8-22(3)9-7-20/h18-19H,4-17H2,1-3H3. The zero-order valence-electron chi connectivity index (χ0n) is 16.4. The van der Waals surface area contributed by atoms with Crippen LogP contribution < -0.4 is 0 Å². The third kappa shape index (κ3) is 3.68. The van der Waals surface area contributed by atoms with E-state index in [-0.39, 0.29) is 0 Å². The van der Waals surface area contributed by atoms with Gasteiger partial charge in [0, 0.05) is 38.8 Å². The summed E-state index contributed by atoms with van der Waals surface area (Å²) in [4.78, 5) is 8.14. The van der Waals surface area contributed by atoms with E-state index in [1.54, 1.807) is 0 Å². The zero-order valence-corrected chi connectivity index (χ0v) is 16.4. The molecule has 138 valence electrons. The maximum atomic E-state index is 2.84. The predicted octanol–water partition coefficient (Wildman–Crippen LogP) is 3.30. The van der Waals surface area contributed by atoms with E-state index in [4.69, 9.17) is 0 Å². The molecule has 0 N–H and O–H groups in total. The third-order valence-corrected chi connectivity index (χ3v) is 7.67. The number of rotatable bonds is 5. The van der Waals surface area contributed by atoms with Gasteiger partial charge in [0.25, 0.3) is 0 Å². The van der Waals surface area contributed by atoms with Gasteiger partial charge in [0.2, 0.25) is 0 Å². The molecule has 4 aliphatic rings. The highest BCUT2D eigenvalue weighted by Gasteiger charge is 2.48. The first-order valence-electron chi connectivity index (χ1n) is 10.6. The van der Waals surface area contributed by atoms with Crippen LogP contribution in [-0.2, 0) is 0 Å². The summed E-state index contributed by atoms with van der Waals surface area (Å²) in [6, 6.07) is 0.918. The highest BCUT2D eigenvalue weighted by Crippen LogP contribution is 2.52. The fourth-order valence-corrected chi connectivity index (χ4v) is 5.93. The van der Waals surface area contributed by atoms with Crippen LogP contribution in [0.4, 0.5) is 0 Å². The summed E-state index contributed by atoms with van der Waals surface area (Å²) in [6.45, 7) is 14.2. The molecule has 0 aromatic rings. The topological polar surface area (TPSA) is 9.72 Å². The van der Waals surface area contributed by atoms with Crippen molar-refractivity contribution in [2.75, 3.05) is 52.9 Å². The number of piperazine rings is 1. The first-order chi connectivity index (χ1) is 11.5. The molecule has 0 unspecified atom stereocenters. The molecule has 2 saturated carbocycles. The Hall–Kier alpha value is -0.120. The van der Waals surface area contributed by atoms with E-state index in [0.717, 1.165) is 17.4 Å². The normalized spacial score (nSPS) is 31.5. The van der Waals surface area contributed by atoms with Crippen molar-refractivity contribution in [1.82, 2.24) is 14.7 Å². The molecule has 0 bridgehead atoms. The van der Waals surface area contributed by atoms with Crippen LogP contribution in [0.1, 0.15) is 58.8 Å². The summed E-state index contributed by atoms with van der Waals surface area (Å²) in [5.74, 6) is 0.870. The van der Waals surface area contributed by atoms with Gasteiger partial charge in [0.05, 0.1) is 0 Å². The van der Waals surface area contributed by atoms with Gasteiger partial charge in [-0.2, -0.15) is 0 Å². The fraction of sp³-hybridized carbons (Fsp3) is 1.00. The van der Waals surface area contributed by atoms with Gasteiger partial charge in [0.15, 0.2) is 0 Å². The van der Waals surface area contributed by atoms with Crippen LogP contribution in [0.5, 0.6) is 0 Å². The van der Waals surface area contributed by atoms with E-state index >= 15 is 0 Å². The second-order valence-electron chi connectivity index (χ2n) is 10.3. The van der Waals surface area contributed by atoms with Gasteiger partial charge in [-0.25, -0.2) is 0 Å². The van der Waals surface area contributed by atoms with Crippen LogP contribution in [0.2, 0.25) is 0 Å². The minimum absolute atomic E-state index is 0.713. The largest absolute Gasteiger partial charge is 0.306 e. The van der Waals surface area contributed by atoms with E-state index in [0.29, 0.717) is 5.41 Å². The lowest BCUT2D eigenvalue weighted by Gasteiger charge is -2.56. The van der Waals surface area contributed by atoms with E-state index in [1.807, 2.05) is 0 Å². The number of nitrogens with zero attached hydrogens (tertiary/aromatic N) is 3. The highest BCUT2D eigenvalue weighted by atomic mass is 15.3. The first kappa shape index (κ1) is 17.3. The van der Waals surface area contributed by atoms with Crippen molar-refractivity contribution in [2.45, 2.75) is 64.8 Å². The Bertz CT molecular complexity index is 418. The number of likely N-dealkylation sites (tertiary alicyclic amines) is 1. The minimum atomic E-state index is 0.713. The molecule has 2 heterocycles. The van der Waals surface area contributed by atoms with Crippen molar-refractivity contribution in [3.05, 3.63) is 0 Å². The average molecular weight is 334 g/mol. The van der Waals surface area contributed by atoms with Gasteiger partial charge in [-0.3, -0.25) is 4.90 Å². The lowest BCUT2D eigenvalue weighted by atomic mass is 9.60. The van der Waals surface area contributed by atoms with Crippen molar-refractivity contribution in [1.29, 1.82) is 0 Å². The van der Waals surface area contributed by atoms with Crippen molar-refractivity contribution < 1.29 is 0 Å². The number of piperidine rings is 1. The lowest BCUT2D eigenvalue weighted by Crippen LogP contribution is -2.59. The van der Waals surface area contributed by atoms with Crippen molar-refractivity contribution >= 4 is 0 Å². The molecule has 0 radical (unpaired) electrons. The maximum absolute atomic E-state index is 2.84. The Labute approximate surface area is 149 Å². The van der Waals surface area contributed by atoms with Gasteiger partial charge < -0.3 is 9.80 Å². The van der Waals surface area contributed by atoms with Crippen LogP contribution in [0.3, 0.4) is 0 Å². The van der Waals surface area contributed by atoms with Crippen LogP contribution in [0.15, 0.2) is 0 Å². The fourth-order valence-electron chi connectivity index (χ4n) is 5.93. The third-order valence-electron chi connectivity index (χ3n) is 7.67. The molecular formula is C21H39N3. The first-order valence-corrected chi connectivity index (χ1v) is 10.6. The monoisotopic (exact) mass is 333 g/mol. The van der Waals surface area contributed by atoms with Crippen molar-refractivity contribution in [3.63, 3.8) is 0 Å². The molecule has 3 heteroatoms. The maximum Gasteiger partial charge on any atom is 0.0113 e. The zero-order chi connectivity index (χ0) is 16.8. The van der Waals surface area contributed by atoms with Crippen molar-refractivity contribution in [3.8, 4) is 0 Å². The van der Waals surface area contributed by atoms with Crippen LogP contribution in [0.25, 0.3) is 0 Å². The van der Waals surface area contributed by atoms with E-state index in [2.05, 4.69) is 35.6 Å². The molecule has 0 atom stereocenters. The van der Waals surface area contributed by atoms with Gasteiger partial charge >= 0.3 is 0 Å². The van der Waals surface area contributed by atoms with E-state index < -0.39 is 0 Å². The molecule has 2 aliphatic carbocycles. The molecule has 0 aromatic heterocycles. The smallest absolute Gasteiger partial charge is 0.0113 e. The molecule has 1 spiro atoms. The molecule has 2 aliphatic heterocycles. The van der Waals surface area contributed by atoms with Crippen LogP contribution >= 0.6 is 0 Å². The molecule has 4 fully saturated rings. The highest BCUT2D eigenvalue weighted by molar-refractivity contribution is 5.02. The predicted molar refractivity (Wildman–Crippen MR) is 101 cm³/mol. The molecule has 2 saturated heterocycles. The van der Waals surface area contributed by atoms with E-state index in [9.17, 15) is 0 Å². The van der Waals surface area contributed by atoms with Gasteiger partial charge in [-0.1, -0.05) is 13.8 Å². The lowest BCUT2D eigenvalue weighted by molar-refractivity contribution is -0.0536. The van der Waals surface area contributed by atoms with Crippen molar-refractivity contribution in [2.24, 2.45) is 16.7 Å². The second kappa shape index (κ2) is 6.55. The van der Waals surface area contributed by atoms with Gasteiger partial charge in [-0.15, -0.1) is 0 Å². The Kier molecular flexibility index (Phi) is 4.73. The van der Waals surface area contributed by atoms with Gasteiger partial charge in [0.1, 0.15) is 0 Å². The van der Waals surface area contributed by atoms with E-state index in [1.165, 1.54) is 90.8 Å². The second-order valence-corrected chi connectivity index (χ2v) is 10.3.